The first-order valence-electron chi connectivity index (χ1n) is 13.9. The Morgan fingerprint density at radius 1 is 1.00 bits per heavy atom. The highest BCUT2D eigenvalue weighted by Crippen LogP contribution is 2.39. The number of carbonyl (C=O) groups excluding carboxylic acids is 2. The van der Waals surface area contributed by atoms with Gasteiger partial charge in [-0.15, -0.1) is 0 Å². The minimum Gasteiger partial charge on any atom is -0.481 e. The van der Waals surface area contributed by atoms with Crippen molar-refractivity contribution < 1.29 is 19.5 Å². The van der Waals surface area contributed by atoms with Gasteiger partial charge in [-0.05, 0) is 54.7 Å². The first-order chi connectivity index (χ1) is 19.1. The summed E-state index contributed by atoms with van der Waals surface area (Å²) in [6.07, 6.45) is 3.86. The van der Waals surface area contributed by atoms with Crippen LogP contribution in [0.5, 0.6) is 0 Å². The molecule has 9 heteroatoms. The molecule has 0 radical (unpaired) electrons. The number of anilines is 1. The number of amides is 3. The summed E-state index contributed by atoms with van der Waals surface area (Å²) in [5.41, 5.74) is 3.31. The molecule has 0 atom stereocenters. The van der Waals surface area contributed by atoms with Crippen molar-refractivity contribution in [3.8, 4) is 11.3 Å². The first-order valence-corrected chi connectivity index (χ1v) is 13.9. The molecule has 1 fully saturated rings. The van der Waals surface area contributed by atoms with Crippen LogP contribution in [0.25, 0.3) is 11.3 Å². The number of aliphatic carboxylic acids is 1. The molecular weight excluding hydrogens is 506 g/mol. The Hall–Kier alpha value is -4.14. The second-order valence-electron chi connectivity index (χ2n) is 11.6. The summed E-state index contributed by atoms with van der Waals surface area (Å²) in [5.74, 6) is -0.132. The highest BCUT2D eigenvalue weighted by Gasteiger charge is 2.34. The summed E-state index contributed by atoms with van der Waals surface area (Å²) in [5, 5.41) is 21.7. The third-order valence-electron chi connectivity index (χ3n) is 7.71. The van der Waals surface area contributed by atoms with Crippen LogP contribution >= 0.6 is 0 Å². The molecular formula is C31H39N5O4. The molecule has 1 saturated carbocycles. The Bertz CT molecular complexity index is 1290. The molecule has 0 spiro atoms. The van der Waals surface area contributed by atoms with Gasteiger partial charge in [0.1, 0.15) is 5.82 Å². The van der Waals surface area contributed by atoms with E-state index >= 15 is 0 Å². The smallest absolute Gasteiger partial charge is 0.323 e. The molecule has 0 aliphatic heterocycles. The predicted octanol–water partition coefficient (Wildman–Crippen LogP) is 5.92. The zero-order valence-electron chi connectivity index (χ0n) is 23.4. The fourth-order valence-corrected chi connectivity index (χ4v) is 5.29. The van der Waals surface area contributed by atoms with Crippen LogP contribution in [0.15, 0.2) is 60.7 Å². The monoisotopic (exact) mass is 545 g/mol. The lowest BCUT2D eigenvalue weighted by atomic mass is 9.71. The number of urea groups is 1. The van der Waals surface area contributed by atoms with Gasteiger partial charge < -0.3 is 15.3 Å². The third-order valence-corrected chi connectivity index (χ3v) is 7.71. The Labute approximate surface area is 235 Å². The van der Waals surface area contributed by atoms with Crippen molar-refractivity contribution in [1.29, 1.82) is 0 Å². The highest BCUT2D eigenvalue weighted by atomic mass is 16.4. The lowest BCUT2D eigenvalue weighted by molar-refractivity contribution is -0.136. The fraction of sp³-hybridized carbons (Fsp3) is 0.419. The van der Waals surface area contributed by atoms with E-state index < -0.39 is 5.97 Å². The van der Waals surface area contributed by atoms with Crippen LogP contribution in [0.2, 0.25) is 0 Å². The predicted molar refractivity (Wildman–Crippen MR) is 155 cm³/mol. The lowest BCUT2D eigenvalue weighted by Gasteiger charge is -2.41. The average molecular weight is 546 g/mol. The van der Waals surface area contributed by atoms with Crippen molar-refractivity contribution in [3.05, 3.63) is 71.8 Å². The van der Waals surface area contributed by atoms with Gasteiger partial charge in [0, 0.05) is 36.3 Å². The molecule has 1 aromatic heterocycles. The van der Waals surface area contributed by atoms with Crippen molar-refractivity contribution in [2.75, 3.05) is 11.9 Å². The van der Waals surface area contributed by atoms with Gasteiger partial charge in [0.05, 0.1) is 12.1 Å². The van der Waals surface area contributed by atoms with Crippen LogP contribution in [0.3, 0.4) is 0 Å². The van der Waals surface area contributed by atoms with E-state index in [2.05, 4.69) is 41.6 Å². The van der Waals surface area contributed by atoms with E-state index in [1.54, 1.807) is 12.1 Å². The highest BCUT2D eigenvalue weighted by molar-refractivity contribution is 5.94. The quantitative estimate of drug-likeness (QED) is 0.265. The second kappa shape index (κ2) is 12.8. The molecule has 0 unspecified atom stereocenters. The number of hydrogen-bond acceptors (Lipinski definition) is 4. The summed E-state index contributed by atoms with van der Waals surface area (Å²) in [7, 11) is 0. The van der Waals surface area contributed by atoms with E-state index in [9.17, 15) is 14.4 Å². The van der Waals surface area contributed by atoms with Crippen molar-refractivity contribution >= 4 is 23.7 Å². The van der Waals surface area contributed by atoms with Gasteiger partial charge in [-0.3, -0.25) is 20.0 Å². The normalized spacial score (nSPS) is 17.2. The number of H-pyrrole nitrogens is 1. The van der Waals surface area contributed by atoms with Crippen LogP contribution in [0.4, 0.5) is 10.6 Å². The van der Waals surface area contributed by atoms with E-state index in [1.807, 2.05) is 53.4 Å². The van der Waals surface area contributed by atoms with Crippen LogP contribution in [-0.4, -0.2) is 50.7 Å². The summed E-state index contributed by atoms with van der Waals surface area (Å²) in [4.78, 5) is 38.6. The van der Waals surface area contributed by atoms with Gasteiger partial charge in [-0.25, -0.2) is 4.79 Å². The number of carboxylic acid groups (broad SMARTS) is 1. The van der Waals surface area contributed by atoms with E-state index in [0.717, 1.165) is 42.5 Å². The van der Waals surface area contributed by atoms with Gasteiger partial charge in [-0.1, -0.05) is 63.2 Å². The van der Waals surface area contributed by atoms with Crippen molar-refractivity contribution in [3.63, 3.8) is 0 Å². The van der Waals surface area contributed by atoms with Gasteiger partial charge in [-0.2, -0.15) is 5.10 Å². The summed E-state index contributed by atoms with van der Waals surface area (Å²) in [6, 6.07) is 18.6. The van der Waals surface area contributed by atoms with Crippen LogP contribution in [0.1, 0.15) is 68.8 Å². The Balaban J connectivity index is 1.46. The molecule has 0 saturated heterocycles. The van der Waals surface area contributed by atoms with Gasteiger partial charge in [0.15, 0.2) is 0 Å². The van der Waals surface area contributed by atoms with Crippen LogP contribution in [-0.2, 0) is 11.3 Å². The van der Waals surface area contributed by atoms with Crippen molar-refractivity contribution in [1.82, 2.24) is 20.4 Å². The zero-order valence-corrected chi connectivity index (χ0v) is 23.4. The summed E-state index contributed by atoms with van der Waals surface area (Å²) in [6.45, 7) is 7.32. The fourth-order valence-electron chi connectivity index (χ4n) is 5.29. The lowest BCUT2D eigenvalue weighted by Crippen LogP contribution is -2.45. The van der Waals surface area contributed by atoms with Crippen LogP contribution < -0.4 is 10.6 Å². The molecule has 1 aliphatic carbocycles. The number of carbonyl (C=O) groups is 3. The zero-order chi connectivity index (χ0) is 28.7. The topological polar surface area (TPSA) is 127 Å². The molecule has 1 heterocycles. The number of nitrogens with one attached hydrogen (secondary N) is 3. The minimum absolute atomic E-state index is 0.0701. The molecule has 3 aromatic rings. The van der Waals surface area contributed by atoms with E-state index in [4.69, 9.17) is 5.11 Å². The molecule has 9 nitrogen and oxygen atoms in total. The minimum atomic E-state index is -0.961. The number of aromatic amines is 1. The maximum atomic E-state index is 13.6. The summed E-state index contributed by atoms with van der Waals surface area (Å²) < 4.78 is 0. The molecule has 1 aliphatic rings. The number of nitrogens with zero attached hydrogens (tertiary/aromatic N) is 2. The van der Waals surface area contributed by atoms with Crippen molar-refractivity contribution in [2.45, 2.75) is 65.5 Å². The number of carboxylic acids is 1. The largest absolute Gasteiger partial charge is 0.481 e. The van der Waals surface area contributed by atoms with E-state index in [-0.39, 0.29) is 36.4 Å². The molecule has 4 N–H and O–H groups in total. The van der Waals surface area contributed by atoms with Crippen molar-refractivity contribution in [2.24, 2.45) is 11.3 Å². The van der Waals surface area contributed by atoms with Gasteiger partial charge in [0.2, 0.25) is 0 Å². The Morgan fingerprint density at radius 2 is 1.68 bits per heavy atom. The number of rotatable bonds is 9. The third kappa shape index (κ3) is 7.71. The number of aromatic nitrogens is 2. The molecule has 3 amide bonds. The number of hydrogen-bond donors (Lipinski definition) is 4. The van der Waals surface area contributed by atoms with Crippen LogP contribution in [0, 0.1) is 11.3 Å². The standard InChI is InChI=1S/C31H39N5O4/c1-31(2,3)24-13-15-25(16-14-24)36(20-21-9-11-23(12-10-21)29(39)32-18-17-28(37)38)30(40)33-27-19-26(34-35-27)22-7-5-4-6-8-22/h4-12,19,24-25H,13-18,20H2,1-3H3,(H,32,39)(H,37,38)(H2,33,34,35,40). The van der Waals surface area contributed by atoms with Gasteiger partial charge >= 0.3 is 12.0 Å². The molecule has 212 valence electrons. The molecule has 4 rings (SSSR count). The maximum absolute atomic E-state index is 13.6. The first kappa shape index (κ1) is 28.9. The molecule has 0 bridgehead atoms. The molecule has 2 aromatic carbocycles. The average Bonchev–Trinajstić information content (AvgIpc) is 3.40. The Morgan fingerprint density at radius 3 is 2.30 bits per heavy atom. The number of benzene rings is 2. The molecule has 40 heavy (non-hydrogen) atoms. The van der Waals surface area contributed by atoms with E-state index in [0.29, 0.717) is 23.8 Å². The Kier molecular flexibility index (Phi) is 9.24. The maximum Gasteiger partial charge on any atom is 0.323 e. The SMILES string of the molecule is CC(C)(C)C1CCC(N(Cc2ccc(C(=O)NCCC(=O)O)cc2)C(=O)Nc2cc(-c3ccccc3)n[nH]2)CC1. The van der Waals surface area contributed by atoms with Gasteiger partial charge in [0.25, 0.3) is 5.91 Å². The second-order valence-corrected chi connectivity index (χ2v) is 11.6. The van der Waals surface area contributed by atoms with E-state index in [1.165, 1.54) is 0 Å². The summed E-state index contributed by atoms with van der Waals surface area (Å²) >= 11 is 0.